The van der Waals surface area contributed by atoms with Gasteiger partial charge in [0.2, 0.25) is 0 Å². The predicted octanol–water partition coefficient (Wildman–Crippen LogP) is 5.47. The first kappa shape index (κ1) is 14.9. The van der Waals surface area contributed by atoms with Gasteiger partial charge in [-0.1, -0.05) is 37.6 Å². The lowest BCUT2D eigenvalue weighted by Crippen LogP contribution is -2.24. The van der Waals surface area contributed by atoms with Crippen LogP contribution in [0.1, 0.15) is 24.5 Å². The van der Waals surface area contributed by atoms with Crippen LogP contribution in [0.25, 0.3) is 11.0 Å². The first-order valence-corrected chi connectivity index (χ1v) is 8.56. The molecule has 2 heterocycles. The summed E-state index contributed by atoms with van der Waals surface area (Å²) < 4.78 is 2.19. The van der Waals surface area contributed by atoms with Crippen LogP contribution in [0.15, 0.2) is 35.7 Å². The number of hydrogen-bond donors (Lipinski definition) is 0. The van der Waals surface area contributed by atoms with Crippen LogP contribution in [0, 0.1) is 0 Å². The highest BCUT2D eigenvalue weighted by Gasteiger charge is 2.25. The van der Waals surface area contributed by atoms with Crippen LogP contribution in [0.3, 0.4) is 0 Å². The number of hydrogen-bond acceptors (Lipinski definition) is 2. The van der Waals surface area contributed by atoms with Crippen molar-refractivity contribution >= 4 is 45.6 Å². The summed E-state index contributed by atoms with van der Waals surface area (Å²) in [5.74, 6) is 1.25. The fourth-order valence-electron chi connectivity index (χ4n) is 2.58. The molecule has 0 unspecified atom stereocenters. The number of thiophene rings is 1. The normalized spacial score (nSPS) is 12.2. The van der Waals surface area contributed by atoms with Gasteiger partial charge in [0.15, 0.2) is 0 Å². The number of alkyl halides is 1. The fourth-order valence-corrected chi connectivity index (χ4v) is 3.84. The van der Waals surface area contributed by atoms with E-state index in [0.717, 1.165) is 23.4 Å². The third-order valence-corrected chi connectivity index (χ3v) is 5.45. The Hall–Kier alpha value is -1.03. The topological polar surface area (TPSA) is 17.8 Å². The quantitative estimate of drug-likeness (QED) is 0.577. The standard InChI is InChI=1S/C16H16Cl2N2S/c1-16(2,13-7-4-8-21-13)10-20-12-6-3-5-11(18)15(12)19-14(20)9-17/h3-8H,9-10H2,1-2H3. The van der Waals surface area contributed by atoms with E-state index >= 15 is 0 Å². The van der Waals surface area contributed by atoms with Crippen molar-refractivity contribution in [1.82, 2.24) is 9.55 Å². The number of imidazole rings is 1. The van der Waals surface area contributed by atoms with Crippen LogP contribution in [0.2, 0.25) is 5.02 Å². The Morgan fingerprint density at radius 3 is 2.71 bits per heavy atom. The zero-order chi connectivity index (χ0) is 15.0. The van der Waals surface area contributed by atoms with E-state index in [1.165, 1.54) is 4.88 Å². The Kier molecular flexibility index (Phi) is 4.00. The fraction of sp³-hybridized carbons (Fsp3) is 0.312. The number of aromatic nitrogens is 2. The summed E-state index contributed by atoms with van der Waals surface area (Å²) in [6.07, 6.45) is 0. The SMILES string of the molecule is CC(C)(Cn1c(CCl)nc2c(Cl)cccc21)c1cccs1. The van der Waals surface area contributed by atoms with Gasteiger partial charge in [-0.05, 0) is 23.6 Å². The maximum absolute atomic E-state index is 6.25. The van der Waals surface area contributed by atoms with E-state index in [1.807, 2.05) is 12.1 Å². The first-order chi connectivity index (χ1) is 10.0. The van der Waals surface area contributed by atoms with E-state index in [1.54, 1.807) is 11.3 Å². The Balaban J connectivity index is 2.10. The van der Waals surface area contributed by atoms with Gasteiger partial charge in [-0.15, -0.1) is 22.9 Å². The van der Waals surface area contributed by atoms with Gasteiger partial charge in [-0.2, -0.15) is 0 Å². The zero-order valence-electron chi connectivity index (χ0n) is 11.9. The van der Waals surface area contributed by atoms with E-state index in [2.05, 4.69) is 47.0 Å². The Morgan fingerprint density at radius 2 is 2.05 bits per heavy atom. The highest BCUT2D eigenvalue weighted by molar-refractivity contribution is 7.10. The van der Waals surface area contributed by atoms with Crippen LogP contribution < -0.4 is 0 Å². The monoisotopic (exact) mass is 338 g/mol. The number of benzene rings is 1. The molecule has 0 spiro atoms. The Bertz CT molecular complexity index is 760. The minimum Gasteiger partial charge on any atom is -0.326 e. The van der Waals surface area contributed by atoms with Crippen molar-refractivity contribution in [1.29, 1.82) is 0 Å². The third-order valence-electron chi connectivity index (χ3n) is 3.67. The summed E-state index contributed by atoms with van der Waals surface area (Å²) in [6.45, 7) is 5.31. The smallest absolute Gasteiger partial charge is 0.124 e. The van der Waals surface area contributed by atoms with Crippen molar-refractivity contribution < 1.29 is 0 Å². The average molecular weight is 339 g/mol. The summed E-state index contributed by atoms with van der Waals surface area (Å²) in [5, 5.41) is 2.79. The number of nitrogens with zero attached hydrogens (tertiary/aromatic N) is 2. The molecule has 3 rings (SSSR count). The molecule has 21 heavy (non-hydrogen) atoms. The summed E-state index contributed by atoms with van der Waals surface area (Å²) in [4.78, 5) is 5.95. The molecule has 0 aliphatic carbocycles. The van der Waals surface area contributed by atoms with E-state index in [9.17, 15) is 0 Å². The molecule has 0 aliphatic heterocycles. The lowest BCUT2D eigenvalue weighted by atomic mass is 9.91. The molecule has 0 radical (unpaired) electrons. The number of fused-ring (bicyclic) bond motifs is 1. The maximum atomic E-state index is 6.25. The minimum atomic E-state index is 0.0188. The molecule has 5 heteroatoms. The molecule has 1 aromatic carbocycles. The minimum absolute atomic E-state index is 0.0188. The number of para-hydroxylation sites is 1. The van der Waals surface area contributed by atoms with Crippen molar-refractivity contribution in [2.45, 2.75) is 31.7 Å². The molecular weight excluding hydrogens is 323 g/mol. The largest absolute Gasteiger partial charge is 0.326 e. The van der Waals surface area contributed by atoms with Crippen molar-refractivity contribution in [2.24, 2.45) is 0 Å². The lowest BCUT2D eigenvalue weighted by molar-refractivity contribution is 0.443. The third kappa shape index (κ3) is 2.70. The molecule has 2 aromatic heterocycles. The van der Waals surface area contributed by atoms with Crippen molar-refractivity contribution in [3.63, 3.8) is 0 Å². The molecule has 0 aliphatic rings. The van der Waals surface area contributed by atoms with E-state index < -0.39 is 0 Å². The molecule has 3 aromatic rings. The van der Waals surface area contributed by atoms with E-state index in [4.69, 9.17) is 23.2 Å². The second-order valence-corrected chi connectivity index (χ2v) is 7.34. The molecular formula is C16H16Cl2N2S. The van der Waals surface area contributed by atoms with Gasteiger partial charge in [-0.25, -0.2) is 4.98 Å². The van der Waals surface area contributed by atoms with Crippen molar-refractivity contribution in [2.75, 3.05) is 0 Å². The summed E-state index contributed by atoms with van der Waals surface area (Å²) in [5.41, 5.74) is 1.89. The molecule has 0 atom stereocenters. The van der Waals surface area contributed by atoms with E-state index in [0.29, 0.717) is 10.9 Å². The molecule has 110 valence electrons. The van der Waals surface area contributed by atoms with Crippen molar-refractivity contribution in [3.8, 4) is 0 Å². The maximum Gasteiger partial charge on any atom is 0.124 e. The van der Waals surface area contributed by atoms with Gasteiger partial charge in [0, 0.05) is 16.8 Å². The Labute approximate surface area is 138 Å². The molecule has 0 saturated carbocycles. The van der Waals surface area contributed by atoms with Gasteiger partial charge in [0.25, 0.3) is 0 Å². The highest BCUT2D eigenvalue weighted by Crippen LogP contribution is 2.32. The van der Waals surface area contributed by atoms with Gasteiger partial charge >= 0.3 is 0 Å². The predicted molar refractivity (Wildman–Crippen MR) is 91.6 cm³/mol. The van der Waals surface area contributed by atoms with Gasteiger partial charge in [0.05, 0.1) is 16.4 Å². The average Bonchev–Trinajstić information content (AvgIpc) is 3.08. The van der Waals surface area contributed by atoms with Gasteiger partial charge in [0.1, 0.15) is 11.3 Å². The lowest BCUT2D eigenvalue weighted by Gasteiger charge is -2.25. The van der Waals surface area contributed by atoms with E-state index in [-0.39, 0.29) is 5.41 Å². The number of rotatable bonds is 4. The van der Waals surface area contributed by atoms with Crippen LogP contribution in [-0.2, 0) is 17.8 Å². The number of halogens is 2. The highest BCUT2D eigenvalue weighted by atomic mass is 35.5. The van der Waals surface area contributed by atoms with Crippen LogP contribution >= 0.6 is 34.5 Å². The summed E-state index contributed by atoms with van der Waals surface area (Å²) >= 11 is 14.1. The van der Waals surface area contributed by atoms with Crippen LogP contribution in [0.5, 0.6) is 0 Å². The first-order valence-electron chi connectivity index (χ1n) is 6.76. The van der Waals surface area contributed by atoms with Crippen LogP contribution in [-0.4, -0.2) is 9.55 Å². The molecule has 0 N–H and O–H groups in total. The molecule has 0 saturated heterocycles. The molecule has 2 nitrogen and oxygen atoms in total. The molecule has 0 bridgehead atoms. The van der Waals surface area contributed by atoms with Gasteiger partial charge in [-0.3, -0.25) is 0 Å². The van der Waals surface area contributed by atoms with Crippen LogP contribution in [0.4, 0.5) is 0 Å². The molecule has 0 fully saturated rings. The van der Waals surface area contributed by atoms with Gasteiger partial charge < -0.3 is 4.57 Å². The zero-order valence-corrected chi connectivity index (χ0v) is 14.3. The molecule has 0 amide bonds. The Morgan fingerprint density at radius 1 is 1.24 bits per heavy atom. The summed E-state index contributed by atoms with van der Waals surface area (Å²) in [7, 11) is 0. The second-order valence-electron chi connectivity index (χ2n) is 5.72. The summed E-state index contributed by atoms with van der Waals surface area (Å²) in [6, 6.07) is 10.1. The second kappa shape index (κ2) is 5.64. The van der Waals surface area contributed by atoms with Crippen molar-refractivity contribution in [3.05, 3.63) is 51.4 Å².